The second kappa shape index (κ2) is 6.67. The number of halogens is 2. The van der Waals surface area contributed by atoms with Crippen molar-refractivity contribution in [1.82, 2.24) is 5.32 Å². The smallest absolute Gasteiger partial charge is 0.124 e. The van der Waals surface area contributed by atoms with Crippen molar-refractivity contribution >= 4 is 15.9 Å². The van der Waals surface area contributed by atoms with E-state index in [-0.39, 0.29) is 11.9 Å². The van der Waals surface area contributed by atoms with Gasteiger partial charge in [0.25, 0.3) is 0 Å². The highest BCUT2D eigenvalue weighted by Crippen LogP contribution is 2.18. The first-order chi connectivity index (χ1) is 7.67. The molecule has 1 nitrogen and oxygen atoms in total. The fourth-order valence-corrected chi connectivity index (χ4v) is 1.92. The fraction of sp³-hybridized carbons (Fsp3) is 0.385. The van der Waals surface area contributed by atoms with E-state index in [0.717, 1.165) is 22.9 Å². The third kappa shape index (κ3) is 3.96. The van der Waals surface area contributed by atoms with Crippen LogP contribution in [0.5, 0.6) is 0 Å². The van der Waals surface area contributed by atoms with E-state index >= 15 is 0 Å². The highest BCUT2D eigenvalue weighted by atomic mass is 79.9. The van der Waals surface area contributed by atoms with Gasteiger partial charge in [-0.15, -0.1) is 6.42 Å². The molecule has 0 fully saturated rings. The summed E-state index contributed by atoms with van der Waals surface area (Å²) in [6, 6.07) is 4.75. The highest BCUT2D eigenvalue weighted by molar-refractivity contribution is 9.10. The molecule has 0 aromatic heterocycles. The Morgan fingerprint density at radius 2 is 2.31 bits per heavy atom. The third-order valence-corrected chi connectivity index (χ3v) is 3.07. The van der Waals surface area contributed by atoms with Gasteiger partial charge in [0.2, 0.25) is 0 Å². The first kappa shape index (κ1) is 13.2. The van der Waals surface area contributed by atoms with Crippen LogP contribution in [0.4, 0.5) is 4.39 Å². The molecule has 1 rings (SSSR count). The van der Waals surface area contributed by atoms with Crippen LogP contribution in [0, 0.1) is 18.2 Å². The maximum Gasteiger partial charge on any atom is 0.124 e. The van der Waals surface area contributed by atoms with Gasteiger partial charge in [0.1, 0.15) is 5.82 Å². The lowest BCUT2D eigenvalue weighted by atomic mass is 10.1. The minimum atomic E-state index is -0.238. The molecule has 16 heavy (non-hydrogen) atoms. The van der Waals surface area contributed by atoms with Crippen molar-refractivity contribution < 1.29 is 4.39 Å². The fourth-order valence-electron chi connectivity index (χ4n) is 1.43. The summed E-state index contributed by atoms with van der Waals surface area (Å²) < 4.78 is 13.6. The summed E-state index contributed by atoms with van der Waals surface area (Å²) in [5.74, 6) is 2.47. The maximum atomic E-state index is 12.9. The van der Waals surface area contributed by atoms with Crippen molar-refractivity contribution in [1.29, 1.82) is 0 Å². The van der Waals surface area contributed by atoms with Gasteiger partial charge >= 0.3 is 0 Å². The van der Waals surface area contributed by atoms with Crippen molar-refractivity contribution in [3.8, 4) is 12.3 Å². The van der Waals surface area contributed by atoms with Crippen molar-refractivity contribution in [2.24, 2.45) is 0 Å². The molecule has 0 amide bonds. The van der Waals surface area contributed by atoms with E-state index in [1.807, 2.05) is 0 Å². The monoisotopic (exact) mass is 283 g/mol. The van der Waals surface area contributed by atoms with Crippen LogP contribution < -0.4 is 5.32 Å². The summed E-state index contributed by atoms with van der Waals surface area (Å²) in [6.07, 6.45) is 7.40. The quantitative estimate of drug-likeness (QED) is 0.816. The van der Waals surface area contributed by atoms with Gasteiger partial charge in [-0.3, -0.25) is 5.32 Å². The first-order valence-electron chi connectivity index (χ1n) is 5.30. The molecule has 0 bridgehead atoms. The standard InChI is InChI=1S/C13H15BrFN/c1-3-5-12(4-2)16-9-10-6-7-11(15)8-13(10)14/h2,6-8,12,16H,3,5,9H2,1H3. The van der Waals surface area contributed by atoms with Crippen LogP contribution in [0.1, 0.15) is 25.3 Å². The molecule has 1 aromatic carbocycles. The number of nitrogens with one attached hydrogen (secondary N) is 1. The molecule has 3 heteroatoms. The lowest BCUT2D eigenvalue weighted by Crippen LogP contribution is -2.26. The minimum absolute atomic E-state index is 0.0851. The summed E-state index contributed by atoms with van der Waals surface area (Å²) in [4.78, 5) is 0. The Bertz CT molecular complexity index is 384. The zero-order chi connectivity index (χ0) is 12.0. The molecule has 1 unspecified atom stereocenters. The summed E-state index contributed by atoms with van der Waals surface area (Å²) in [5.41, 5.74) is 1.01. The molecule has 0 heterocycles. The van der Waals surface area contributed by atoms with Gasteiger partial charge in [0.15, 0.2) is 0 Å². The third-order valence-electron chi connectivity index (χ3n) is 2.33. The van der Waals surface area contributed by atoms with Gasteiger partial charge in [-0.25, -0.2) is 4.39 Å². The Labute approximate surface area is 105 Å². The largest absolute Gasteiger partial charge is 0.300 e. The normalized spacial score (nSPS) is 12.1. The van der Waals surface area contributed by atoms with Crippen molar-refractivity contribution in [3.05, 3.63) is 34.1 Å². The Hall–Kier alpha value is -0.850. The second-order valence-electron chi connectivity index (χ2n) is 3.62. The molecule has 1 atom stereocenters. The van der Waals surface area contributed by atoms with Crippen molar-refractivity contribution in [2.75, 3.05) is 0 Å². The lowest BCUT2D eigenvalue weighted by molar-refractivity contribution is 0.561. The molecule has 86 valence electrons. The van der Waals surface area contributed by atoms with Crippen LogP contribution in [0.2, 0.25) is 0 Å². The average molecular weight is 284 g/mol. The average Bonchev–Trinajstić information content (AvgIpc) is 2.26. The van der Waals surface area contributed by atoms with E-state index < -0.39 is 0 Å². The Morgan fingerprint density at radius 3 is 2.88 bits per heavy atom. The number of benzene rings is 1. The van der Waals surface area contributed by atoms with Crippen molar-refractivity contribution in [3.63, 3.8) is 0 Å². The van der Waals surface area contributed by atoms with E-state index in [4.69, 9.17) is 6.42 Å². The van der Waals surface area contributed by atoms with Gasteiger partial charge in [0.05, 0.1) is 6.04 Å². The van der Waals surface area contributed by atoms with Gasteiger partial charge in [-0.05, 0) is 24.1 Å². The molecular formula is C13H15BrFN. The minimum Gasteiger partial charge on any atom is -0.300 e. The Morgan fingerprint density at radius 1 is 1.56 bits per heavy atom. The van der Waals surface area contributed by atoms with Crippen molar-refractivity contribution in [2.45, 2.75) is 32.4 Å². The van der Waals surface area contributed by atoms with E-state index in [1.165, 1.54) is 12.1 Å². The van der Waals surface area contributed by atoms with Gasteiger partial charge in [-0.1, -0.05) is 41.3 Å². The van der Waals surface area contributed by atoms with Gasteiger partial charge < -0.3 is 0 Å². The van der Waals surface area contributed by atoms with E-state index in [1.54, 1.807) is 6.07 Å². The molecule has 0 saturated carbocycles. The van der Waals surface area contributed by atoms with E-state index in [0.29, 0.717) is 6.54 Å². The number of hydrogen-bond donors (Lipinski definition) is 1. The van der Waals surface area contributed by atoms with Crippen LogP contribution in [-0.2, 0) is 6.54 Å². The number of hydrogen-bond acceptors (Lipinski definition) is 1. The van der Waals surface area contributed by atoms with E-state index in [2.05, 4.69) is 34.1 Å². The molecule has 0 saturated heterocycles. The highest BCUT2D eigenvalue weighted by Gasteiger charge is 2.05. The van der Waals surface area contributed by atoms with Gasteiger partial charge in [-0.2, -0.15) is 0 Å². The summed E-state index contributed by atoms with van der Waals surface area (Å²) in [6.45, 7) is 2.75. The molecule has 0 aliphatic heterocycles. The summed E-state index contributed by atoms with van der Waals surface area (Å²) >= 11 is 3.33. The molecule has 0 spiro atoms. The molecule has 0 aliphatic carbocycles. The summed E-state index contributed by atoms with van der Waals surface area (Å²) in [5, 5.41) is 3.26. The first-order valence-corrected chi connectivity index (χ1v) is 6.10. The van der Waals surface area contributed by atoms with E-state index in [9.17, 15) is 4.39 Å². The molecule has 1 aromatic rings. The topological polar surface area (TPSA) is 12.0 Å². The molecule has 0 aliphatic rings. The number of rotatable bonds is 5. The van der Waals surface area contributed by atoms with Crippen LogP contribution in [-0.4, -0.2) is 6.04 Å². The maximum absolute atomic E-state index is 12.9. The SMILES string of the molecule is C#CC(CCC)NCc1ccc(F)cc1Br. The number of terminal acetylenes is 1. The Kier molecular flexibility index (Phi) is 5.51. The lowest BCUT2D eigenvalue weighted by Gasteiger charge is -2.12. The predicted octanol–water partition coefficient (Wildman–Crippen LogP) is 3.48. The van der Waals surface area contributed by atoms with Crippen LogP contribution in [0.15, 0.2) is 22.7 Å². The van der Waals surface area contributed by atoms with Gasteiger partial charge in [0, 0.05) is 11.0 Å². The zero-order valence-corrected chi connectivity index (χ0v) is 10.8. The molecule has 1 N–H and O–H groups in total. The van der Waals surface area contributed by atoms with Crippen LogP contribution >= 0.6 is 15.9 Å². The second-order valence-corrected chi connectivity index (χ2v) is 4.48. The van der Waals surface area contributed by atoms with Crippen LogP contribution in [0.3, 0.4) is 0 Å². The molecular weight excluding hydrogens is 269 g/mol. The summed E-state index contributed by atoms with van der Waals surface area (Å²) in [7, 11) is 0. The zero-order valence-electron chi connectivity index (χ0n) is 9.26. The van der Waals surface area contributed by atoms with Crippen LogP contribution in [0.25, 0.3) is 0 Å². The predicted molar refractivity (Wildman–Crippen MR) is 68.5 cm³/mol. The molecule has 0 radical (unpaired) electrons. The Balaban J connectivity index is 2.57.